The van der Waals surface area contributed by atoms with Gasteiger partial charge in [0.25, 0.3) is 0 Å². The minimum Gasteiger partial charge on any atom is -0.339 e. The van der Waals surface area contributed by atoms with Gasteiger partial charge in [0.1, 0.15) is 5.82 Å². The molecule has 6 heteroatoms. The van der Waals surface area contributed by atoms with E-state index in [4.69, 9.17) is 0 Å². The minimum absolute atomic E-state index is 0.0117. The van der Waals surface area contributed by atoms with Crippen LogP contribution in [0.4, 0.5) is 11.5 Å². The van der Waals surface area contributed by atoms with Gasteiger partial charge in [0, 0.05) is 11.3 Å². The maximum Gasteiger partial charge on any atom is 0.189 e. The molecule has 1 aromatic heterocycles. The molecule has 1 N–H and O–H groups in total. The highest BCUT2D eigenvalue weighted by Crippen LogP contribution is 2.22. The maximum absolute atomic E-state index is 11.3. The number of Topliss-reactive ketones (excluding diaryl/α,β-unsaturated/α-hetero) is 1. The van der Waals surface area contributed by atoms with Gasteiger partial charge in [-0.05, 0) is 44.4 Å². The van der Waals surface area contributed by atoms with Crippen molar-refractivity contribution in [2.24, 2.45) is 0 Å². The van der Waals surface area contributed by atoms with Gasteiger partial charge in [-0.3, -0.25) is 9.59 Å². The van der Waals surface area contributed by atoms with Crippen LogP contribution in [0, 0.1) is 6.92 Å². The Morgan fingerprint density at radius 1 is 1.24 bits per heavy atom. The van der Waals surface area contributed by atoms with Crippen LogP contribution in [-0.4, -0.2) is 28.3 Å². The first kappa shape index (κ1) is 15.2. The predicted octanol–water partition coefficient (Wildman–Crippen LogP) is 3.27. The summed E-state index contributed by atoms with van der Waals surface area (Å²) in [5, 5.41) is 3.70. The summed E-state index contributed by atoms with van der Waals surface area (Å²) in [5.74, 6) is 0.482. The number of rotatable bonds is 5. The normalized spacial score (nSPS) is 10.2. The average Bonchev–Trinajstić information content (AvgIpc) is 2.47. The van der Waals surface area contributed by atoms with E-state index in [-0.39, 0.29) is 5.78 Å². The zero-order chi connectivity index (χ0) is 15.4. The zero-order valence-electron chi connectivity index (χ0n) is 12.0. The molecule has 0 aliphatic heterocycles. The van der Waals surface area contributed by atoms with Crippen molar-refractivity contribution in [2.45, 2.75) is 19.0 Å². The van der Waals surface area contributed by atoms with Crippen LogP contribution >= 0.6 is 11.8 Å². The van der Waals surface area contributed by atoms with Gasteiger partial charge in [0.15, 0.2) is 17.2 Å². The molecule has 0 spiro atoms. The van der Waals surface area contributed by atoms with E-state index >= 15 is 0 Å². The molecule has 0 aliphatic rings. The molecule has 0 saturated heterocycles. The smallest absolute Gasteiger partial charge is 0.189 e. The summed E-state index contributed by atoms with van der Waals surface area (Å²) < 4.78 is 0. The number of ketones is 1. The van der Waals surface area contributed by atoms with E-state index in [1.165, 1.54) is 18.7 Å². The predicted molar refractivity (Wildman–Crippen MR) is 83.7 cm³/mol. The highest BCUT2D eigenvalue weighted by Gasteiger charge is 2.11. The topological polar surface area (TPSA) is 72.0 Å². The largest absolute Gasteiger partial charge is 0.339 e. The molecule has 0 saturated carbocycles. The number of anilines is 2. The third-order valence-electron chi connectivity index (χ3n) is 2.97. The Hall–Kier alpha value is -2.21. The molecule has 21 heavy (non-hydrogen) atoms. The molecule has 5 nitrogen and oxygen atoms in total. The number of nitrogens with zero attached hydrogens (tertiary/aromatic N) is 2. The first-order valence-corrected chi connectivity index (χ1v) is 7.53. The van der Waals surface area contributed by atoms with Crippen molar-refractivity contribution in [2.75, 3.05) is 11.6 Å². The number of carbonyl (C=O) groups excluding carboxylic acids is 2. The lowest BCUT2D eigenvalue weighted by Gasteiger charge is -2.11. The Labute approximate surface area is 127 Å². The van der Waals surface area contributed by atoms with Crippen LogP contribution < -0.4 is 5.32 Å². The highest BCUT2D eigenvalue weighted by molar-refractivity contribution is 7.98. The van der Waals surface area contributed by atoms with Gasteiger partial charge >= 0.3 is 0 Å². The second-order valence-corrected chi connectivity index (χ2v) is 5.21. The molecule has 2 rings (SSSR count). The van der Waals surface area contributed by atoms with E-state index in [1.54, 1.807) is 31.2 Å². The van der Waals surface area contributed by atoms with Crippen LogP contribution in [0.2, 0.25) is 0 Å². The van der Waals surface area contributed by atoms with Crippen LogP contribution in [0.1, 0.15) is 33.3 Å². The lowest BCUT2D eigenvalue weighted by Crippen LogP contribution is -2.04. The maximum atomic E-state index is 11.3. The van der Waals surface area contributed by atoms with Gasteiger partial charge in [-0.15, -0.1) is 0 Å². The van der Waals surface area contributed by atoms with Crippen LogP contribution in [0.25, 0.3) is 0 Å². The van der Waals surface area contributed by atoms with E-state index < -0.39 is 0 Å². The molecule has 1 heterocycles. The Morgan fingerprint density at radius 3 is 2.43 bits per heavy atom. The summed E-state index contributed by atoms with van der Waals surface area (Å²) in [7, 11) is 0. The summed E-state index contributed by atoms with van der Waals surface area (Å²) in [4.78, 5) is 31.0. The number of hydrogen-bond acceptors (Lipinski definition) is 6. The van der Waals surface area contributed by atoms with Gasteiger partial charge in [0.05, 0.1) is 11.3 Å². The van der Waals surface area contributed by atoms with Gasteiger partial charge in [0.2, 0.25) is 0 Å². The second-order valence-electron chi connectivity index (χ2n) is 4.43. The number of aromatic nitrogens is 2. The number of hydrogen-bond donors (Lipinski definition) is 1. The monoisotopic (exact) mass is 301 g/mol. The van der Waals surface area contributed by atoms with E-state index in [0.717, 1.165) is 12.0 Å². The first-order valence-electron chi connectivity index (χ1n) is 6.31. The van der Waals surface area contributed by atoms with E-state index in [2.05, 4.69) is 15.3 Å². The Balaban J connectivity index is 2.36. The van der Waals surface area contributed by atoms with Crippen LogP contribution in [0.3, 0.4) is 0 Å². The molecule has 108 valence electrons. The number of benzene rings is 1. The molecular weight excluding hydrogens is 286 g/mol. The molecule has 0 aliphatic carbocycles. The fraction of sp³-hybridized carbons (Fsp3) is 0.200. The zero-order valence-corrected chi connectivity index (χ0v) is 12.8. The van der Waals surface area contributed by atoms with Crippen molar-refractivity contribution >= 4 is 35.3 Å². The van der Waals surface area contributed by atoms with Crippen LogP contribution in [0.5, 0.6) is 0 Å². The number of nitrogens with one attached hydrogen (secondary N) is 1. The minimum atomic E-state index is 0.0117. The summed E-state index contributed by atoms with van der Waals surface area (Å²) in [5.41, 5.74) is 2.46. The average molecular weight is 301 g/mol. The Kier molecular flexibility index (Phi) is 4.70. The first-order chi connectivity index (χ1) is 10.0. The Morgan fingerprint density at radius 2 is 1.90 bits per heavy atom. The van der Waals surface area contributed by atoms with Crippen molar-refractivity contribution in [3.63, 3.8) is 0 Å². The third kappa shape index (κ3) is 3.46. The van der Waals surface area contributed by atoms with Crippen molar-refractivity contribution in [3.8, 4) is 0 Å². The molecule has 0 unspecified atom stereocenters. The van der Waals surface area contributed by atoms with E-state index in [0.29, 0.717) is 27.8 Å². The molecule has 0 atom stereocenters. The summed E-state index contributed by atoms with van der Waals surface area (Å²) in [6.07, 6.45) is 2.62. The van der Waals surface area contributed by atoms with E-state index in [9.17, 15) is 9.59 Å². The van der Waals surface area contributed by atoms with Gasteiger partial charge in [-0.2, -0.15) is 0 Å². The van der Waals surface area contributed by atoms with Gasteiger partial charge < -0.3 is 5.32 Å². The van der Waals surface area contributed by atoms with Crippen molar-refractivity contribution in [3.05, 3.63) is 41.1 Å². The third-order valence-corrected chi connectivity index (χ3v) is 3.52. The SMILES string of the molecule is CSc1nc(C)c(C=O)c(Nc2ccc(C(C)=O)cc2)n1. The highest BCUT2D eigenvalue weighted by atomic mass is 32.2. The lowest BCUT2D eigenvalue weighted by atomic mass is 10.1. The van der Waals surface area contributed by atoms with Crippen molar-refractivity contribution in [1.82, 2.24) is 9.97 Å². The Bertz CT molecular complexity index is 684. The number of carbonyl (C=O) groups is 2. The standard InChI is InChI=1S/C15H15N3O2S/c1-9-13(8-19)14(18-15(16-9)21-3)17-12-6-4-11(5-7-12)10(2)20/h4-8H,1-3H3,(H,16,17,18). The molecule has 2 aromatic rings. The molecule has 0 bridgehead atoms. The van der Waals surface area contributed by atoms with E-state index in [1.807, 2.05) is 6.26 Å². The summed E-state index contributed by atoms with van der Waals surface area (Å²) >= 11 is 1.41. The molecule has 0 fully saturated rings. The molecule has 1 aromatic carbocycles. The molecule has 0 radical (unpaired) electrons. The number of aryl methyl sites for hydroxylation is 1. The fourth-order valence-electron chi connectivity index (χ4n) is 1.81. The fourth-order valence-corrected chi connectivity index (χ4v) is 2.22. The summed E-state index contributed by atoms with van der Waals surface area (Å²) in [6, 6.07) is 7.02. The van der Waals surface area contributed by atoms with Gasteiger partial charge in [-0.25, -0.2) is 9.97 Å². The number of aldehydes is 1. The van der Waals surface area contributed by atoms with Crippen LogP contribution in [-0.2, 0) is 0 Å². The number of thioether (sulfide) groups is 1. The second kappa shape index (κ2) is 6.49. The van der Waals surface area contributed by atoms with Crippen molar-refractivity contribution in [1.29, 1.82) is 0 Å². The molecular formula is C15H15N3O2S. The van der Waals surface area contributed by atoms with Crippen LogP contribution in [0.15, 0.2) is 29.4 Å². The van der Waals surface area contributed by atoms with Gasteiger partial charge in [-0.1, -0.05) is 11.8 Å². The quantitative estimate of drug-likeness (QED) is 0.395. The summed E-state index contributed by atoms with van der Waals surface area (Å²) in [6.45, 7) is 3.29. The van der Waals surface area contributed by atoms with Crippen molar-refractivity contribution < 1.29 is 9.59 Å². The molecule has 0 amide bonds. The lowest BCUT2D eigenvalue weighted by molar-refractivity contribution is 0.101.